The van der Waals surface area contributed by atoms with Crippen LogP contribution in [0.15, 0.2) is 36.4 Å². The molecule has 2 aromatic rings. The number of nitro benzene ring substituents is 1. The molecule has 0 unspecified atom stereocenters. The summed E-state index contributed by atoms with van der Waals surface area (Å²) < 4.78 is 21.9. The van der Waals surface area contributed by atoms with Crippen molar-refractivity contribution in [3.8, 4) is 23.0 Å². The van der Waals surface area contributed by atoms with Crippen molar-refractivity contribution in [3.05, 3.63) is 52.1 Å². The van der Waals surface area contributed by atoms with Gasteiger partial charge in [0.05, 0.1) is 25.2 Å². The molecule has 0 aliphatic heterocycles. The highest BCUT2D eigenvalue weighted by molar-refractivity contribution is 5.54. The van der Waals surface area contributed by atoms with Crippen LogP contribution in [-0.2, 0) is 6.42 Å². The molecule has 8 nitrogen and oxygen atoms in total. The van der Waals surface area contributed by atoms with E-state index in [0.29, 0.717) is 29.4 Å². The largest absolute Gasteiger partial charge is 0.493 e. The number of ether oxygens (including phenoxy) is 4. The molecule has 0 amide bonds. The molecule has 0 atom stereocenters. The van der Waals surface area contributed by atoms with Crippen LogP contribution in [0.3, 0.4) is 0 Å². The lowest BCUT2D eigenvalue weighted by atomic mass is 10.1. The Morgan fingerprint density at radius 2 is 1.69 bits per heavy atom. The molecule has 0 heterocycles. The van der Waals surface area contributed by atoms with E-state index in [4.69, 9.17) is 24.1 Å². The third kappa shape index (κ3) is 5.00. The van der Waals surface area contributed by atoms with Gasteiger partial charge in [-0.2, -0.15) is 0 Å². The molecule has 0 saturated heterocycles. The second kappa shape index (κ2) is 9.47. The molecule has 0 saturated carbocycles. The highest BCUT2D eigenvalue weighted by Crippen LogP contribution is 2.38. The van der Waals surface area contributed by atoms with E-state index in [-0.39, 0.29) is 25.5 Å². The lowest BCUT2D eigenvalue weighted by molar-refractivity contribution is -0.384. The van der Waals surface area contributed by atoms with Gasteiger partial charge in [-0.05, 0) is 30.2 Å². The first-order valence-electron chi connectivity index (χ1n) is 7.94. The normalized spacial score (nSPS) is 10.3. The van der Waals surface area contributed by atoms with Gasteiger partial charge in [-0.3, -0.25) is 10.1 Å². The molecular weight excluding hydrogens is 342 g/mol. The van der Waals surface area contributed by atoms with Crippen LogP contribution in [0.5, 0.6) is 23.0 Å². The van der Waals surface area contributed by atoms with Gasteiger partial charge in [0.1, 0.15) is 19.0 Å². The van der Waals surface area contributed by atoms with Crippen molar-refractivity contribution in [2.45, 2.75) is 6.42 Å². The van der Waals surface area contributed by atoms with Crippen LogP contribution >= 0.6 is 0 Å². The van der Waals surface area contributed by atoms with Crippen molar-refractivity contribution in [1.29, 1.82) is 0 Å². The highest BCUT2D eigenvalue weighted by Gasteiger charge is 2.14. The summed E-state index contributed by atoms with van der Waals surface area (Å²) in [6.45, 7) is 0.393. The average Bonchev–Trinajstić information content (AvgIpc) is 2.65. The summed E-state index contributed by atoms with van der Waals surface area (Å²) in [5.41, 5.74) is 0.827. The Kier molecular flexibility index (Phi) is 7.04. The summed E-state index contributed by atoms with van der Waals surface area (Å²) in [7, 11) is 3.04. The zero-order chi connectivity index (χ0) is 18.9. The topological polar surface area (TPSA) is 100 Å². The Balaban J connectivity index is 2.00. The molecule has 26 heavy (non-hydrogen) atoms. The first-order valence-corrected chi connectivity index (χ1v) is 7.94. The van der Waals surface area contributed by atoms with Gasteiger partial charge in [0.2, 0.25) is 5.75 Å². The third-order valence-electron chi connectivity index (χ3n) is 3.55. The molecule has 0 aliphatic rings. The Bertz CT molecular complexity index is 723. The second-order valence-corrected chi connectivity index (χ2v) is 5.25. The fourth-order valence-electron chi connectivity index (χ4n) is 2.34. The first kappa shape index (κ1) is 19.3. The summed E-state index contributed by atoms with van der Waals surface area (Å²) in [6.07, 6.45) is 0.475. The molecule has 140 valence electrons. The highest BCUT2D eigenvalue weighted by atomic mass is 16.6. The minimum atomic E-state index is -0.479. The first-order chi connectivity index (χ1) is 12.6. The number of benzene rings is 2. The van der Waals surface area contributed by atoms with Gasteiger partial charge in [0.15, 0.2) is 11.5 Å². The van der Waals surface area contributed by atoms with Crippen molar-refractivity contribution in [2.75, 3.05) is 34.0 Å². The number of nitrogens with zero attached hydrogens (tertiary/aromatic N) is 1. The van der Waals surface area contributed by atoms with Gasteiger partial charge in [-0.25, -0.2) is 0 Å². The van der Waals surface area contributed by atoms with E-state index in [2.05, 4.69) is 0 Å². The quantitative estimate of drug-likeness (QED) is 0.393. The Hall–Kier alpha value is -3.00. The number of nitro groups is 1. The van der Waals surface area contributed by atoms with E-state index in [0.717, 1.165) is 5.56 Å². The SMILES string of the molecule is COc1cc(CCO)cc(OC)c1OCCOc1cccc([N+](=O)[O-])c1. The maximum atomic E-state index is 10.8. The number of aliphatic hydroxyl groups excluding tert-OH is 1. The van der Waals surface area contributed by atoms with Crippen LogP contribution < -0.4 is 18.9 Å². The van der Waals surface area contributed by atoms with Crippen LogP contribution in [0.25, 0.3) is 0 Å². The predicted octanol–water partition coefficient (Wildman–Crippen LogP) is 2.60. The molecule has 8 heteroatoms. The number of hydrogen-bond donors (Lipinski definition) is 1. The van der Waals surface area contributed by atoms with Gasteiger partial charge < -0.3 is 24.1 Å². The number of hydrogen-bond acceptors (Lipinski definition) is 7. The van der Waals surface area contributed by atoms with Crippen molar-refractivity contribution >= 4 is 5.69 Å². The minimum absolute atomic E-state index is 0.0174. The predicted molar refractivity (Wildman–Crippen MR) is 94.4 cm³/mol. The minimum Gasteiger partial charge on any atom is -0.493 e. The summed E-state index contributed by atoms with van der Waals surface area (Å²) in [5.74, 6) is 1.80. The lowest BCUT2D eigenvalue weighted by Crippen LogP contribution is -2.10. The molecular formula is C18H21NO7. The van der Waals surface area contributed by atoms with Gasteiger partial charge in [0, 0.05) is 12.7 Å². The molecule has 0 spiro atoms. The molecule has 0 fully saturated rings. The van der Waals surface area contributed by atoms with Crippen molar-refractivity contribution in [3.63, 3.8) is 0 Å². The third-order valence-corrected chi connectivity index (χ3v) is 3.55. The fourth-order valence-corrected chi connectivity index (χ4v) is 2.34. The Morgan fingerprint density at radius 3 is 2.27 bits per heavy atom. The van der Waals surface area contributed by atoms with Gasteiger partial charge in [-0.15, -0.1) is 0 Å². The second-order valence-electron chi connectivity index (χ2n) is 5.25. The van der Waals surface area contributed by atoms with E-state index in [1.165, 1.54) is 26.4 Å². The monoisotopic (exact) mass is 363 g/mol. The summed E-state index contributed by atoms with van der Waals surface area (Å²) in [5, 5.41) is 19.8. The lowest BCUT2D eigenvalue weighted by Gasteiger charge is -2.16. The van der Waals surface area contributed by atoms with Crippen LogP contribution in [0.2, 0.25) is 0 Å². The molecule has 2 rings (SSSR count). The maximum absolute atomic E-state index is 10.8. The number of methoxy groups -OCH3 is 2. The van der Waals surface area contributed by atoms with E-state index in [1.54, 1.807) is 24.3 Å². The van der Waals surface area contributed by atoms with Crippen LogP contribution in [0.1, 0.15) is 5.56 Å². The molecule has 0 aliphatic carbocycles. The van der Waals surface area contributed by atoms with Crippen molar-refractivity contribution in [2.24, 2.45) is 0 Å². The summed E-state index contributed by atoms with van der Waals surface area (Å²) in [6, 6.07) is 9.49. The van der Waals surface area contributed by atoms with Gasteiger partial charge in [-0.1, -0.05) is 6.07 Å². The van der Waals surface area contributed by atoms with E-state index < -0.39 is 4.92 Å². The summed E-state index contributed by atoms with van der Waals surface area (Å²) >= 11 is 0. The number of aliphatic hydroxyl groups is 1. The van der Waals surface area contributed by atoms with Crippen LogP contribution in [0.4, 0.5) is 5.69 Å². The van der Waals surface area contributed by atoms with E-state index >= 15 is 0 Å². The Morgan fingerprint density at radius 1 is 1.04 bits per heavy atom. The standard InChI is InChI=1S/C18H21NO7/c1-23-16-10-13(6-7-20)11-17(24-2)18(16)26-9-8-25-15-5-3-4-14(12-15)19(21)22/h3-5,10-12,20H,6-9H2,1-2H3. The number of rotatable bonds is 10. The molecule has 0 aromatic heterocycles. The van der Waals surface area contributed by atoms with E-state index in [1.807, 2.05) is 0 Å². The van der Waals surface area contributed by atoms with Crippen molar-refractivity contribution in [1.82, 2.24) is 0 Å². The zero-order valence-electron chi connectivity index (χ0n) is 14.6. The van der Waals surface area contributed by atoms with Crippen LogP contribution in [0, 0.1) is 10.1 Å². The fraction of sp³-hybridized carbons (Fsp3) is 0.333. The molecule has 2 aromatic carbocycles. The average molecular weight is 363 g/mol. The summed E-state index contributed by atoms with van der Waals surface area (Å²) in [4.78, 5) is 10.3. The van der Waals surface area contributed by atoms with Gasteiger partial charge in [0.25, 0.3) is 5.69 Å². The maximum Gasteiger partial charge on any atom is 0.273 e. The molecule has 0 radical (unpaired) electrons. The van der Waals surface area contributed by atoms with E-state index in [9.17, 15) is 10.1 Å². The Labute approximate surface area is 151 Å². The smallest absolute Gasteiger partial charge is 0.273 e. The van der Waals surface area contributed by atoms with Gasteiger partial charge >= 0.3 is 0 Å². The van der Waals surface area contributed by atoms with Crippen molar-refractivity contribution < 1.29 is 29.0 Å². The molecule has 1 N–H and O–H groups in total. The van der Waals surface area contributed by atoms with Crippen LogP contribution in [-0.4, -0.2) is 44.1 Å². The number of non-ortho nitro benzene ring substituents is 1. The zero-order valence-corrected chi connectivity index (χ0v) is 14.6. The molecule has 0 bridgehead atoms.